The number of epoxide rings is 1. The fraction of sp³-hybridized carbons (Fsp3) is 0.733. The number of carbonyl (C=O) groups is 2. The van der Waals surface area contributed by atoms with E-state index in [4.69, 9.17) is 9.47 Å². The van der Waals surface area contributed by atoms with E-state index in [0.717, 1.165) is 12.8 Å². The predicted molar refractivity (Wildman–Crippen MR) is 72.8 cm³/mol. The Balaban J connectivity index is 2.45. The maximum absolute atomic E-state index is 11.5. The summed E-state index contributed by atoms with van der Waals surface area (Å²) in [6.45, 7) is 11.1. The molecule has 1 saturated heterocycles. The molecule has 4 nitrogen and oxygen atoms in total. The number of ketones is 1. The average Bonchev–Trinajstić information content (AvgIpc) is 2.98. The van der Waals surface area contributed by atoms with Crippen molar-refractivity contribution < 1.29 is 19.1 Å². The molecule has 0 amide bonds. The Morgan fingerprint density at radius 1 is 1.53 bits per heavy atom. The van der Waals surface area contributed by atoms with E-state index < -0.39 is 11.6 Å². The monoisotopic (exact) mass is 268 g/mol. The number of Topliss-reactive ketones (excluding diaryl/α,β-unsaturated/α-hetero) is 1. The highest BCUT2D eigenvalue weighted by atomic mass is 16.6. The van der Waals surface area contributed by atoms with Gasteiger partial charge < -0.3 is 9.47 Å². The van der Waals surface area contributed by atoms with Gasteiger partial charge in [-0.3, -0.25) is 9.59 Å². The maximum Gasteiger partial charge on any atom is 0.314 e. The van der Waals surface area contributed by atoms with Gasteiger partial charge >= 0.3 is 5.97 Å². The molecule has 0 aromatic rings. The normalized spacial score (nSPS) is 28.3. The standard InChI is InChI=1S/C15H24O4/c1-6-14(4,19-13(17)10-11(3)16)9-8-12-15(5,7-2)18-12/h6,12H,1,7-10H2,2-5H3. The zero-order valence-electron chi connectivity index (χ0n) is 12.3. The van der Waals surface area contributed by atoms with E-state index in [1.807, 2.05) is 6.92 Å². The van der Waals surface area contributed by atoms with Crippen LogP contribution < -0.4 is 0 Å². The van der Waals surface area contributed by atoms with Gasteiger partial charge in [0.25, 0.3) is 0 Å². The van der Waals surface area contributed by atoms with Gasteiger partial charge in [0.1, 0.15) is 17.8 Å². The summed E-state index contributed by atoms with van der Waals surface area (Å²) in [5.41, 5.74) is -0.751. The Hall–Kier alpha value is -1.16. The van der Waals surface area contributed by atoms with Crippen molar-refractivity contribution in [3.8, 4) is 0 Å². The molecule has 0 saturated carbocycles. The molecule has 1 fully saturated rings. The molecule has 0 spiro atoms. The number of hydrogen-bond donors (Lipinski definition) is 0. The molecule has 1 aliphatic rings. The second kappa shape index (κ2) is 5.87. The lowest BCUT2D eigenvalue weighted by atomic mass is 9.94. The third-order valence-electron chi connectivity index (χ3n) is 3.81. The lowest BCUT2D eigenvalue weighted by Gasteiger charge is -2.25. The van der Waals surface area contributed by atoms with Gasteiger partial charge in [0.2, 0.25) is 0 Å². The van der Waals surface area contributed by atoms with Gasteiger partial charge in [0, 0.05) is 0 Å². The summed E-state index contributed by atoms with van der Waals surface area (Å²) in [5.74, 6) is -0.689. The van der Waals surface area contributed by atoms with Gasteiger partial charge in [-0.2, -0.15) is 0 Å². The number of hydrogen-bond acceptors (Lipinski definition) is 4. The summed E-state index contributed by atoms with van der Waals surface area (Å²) >= 11 is 0. The van der Waals surface area contributed by atoms with Crippen LogP contribution in [-0.2, 0) is 19.1 Å². The van der Waals surface area contributed by atoms with Gasteiger partial charge in [-0.15, -0.1) is 0 Å². The number of ether oxygens (including phenoxy) is 2. The largest absolute Gasteiger partial charge is 0.455 e. The Morgan fingerprint density at radius 3 is 2.58 bits per heavy atom. The second-order valence-corrected chi connectivity index (χ2v) is 5.68. The van der Waals surface area contributed by atoms with Crippen LogP contribution in [0.3, 0.4) is 0 Å². The Bertz CT molecular complexity index is 376. The van der Waals surface area contributed by atoms with Crippen molar-refractivity contribution in [3.63, 3.8) is 0 Å². The van der Waals surface area contributed by atoms with E-state index >= 15 is 0 Å². The van der Waals surface area contributed by atoms with Crippen LogP contribution in [0.1, 0.15) is 53.4 Å². The van der Waals surface area contributed by atoms with Crippen LogP contribution in [0.5, 0.6) is 0 Å². The van der Waals surface area contributed by atoms with Crippen molar-refractivity contribution in [1.82, 2.24) is 0 Å². The van der Waals surface area contributed by atoms with Gasteiger partial charge in [-0.05, 0) is 46.1 Å². The van der Waals surface area contributed by atoms with E-state index in [0.29, 0.717) is 6.42 Å². The number of rotatable bonds is 8. The first-order chi connectivity index (χ1) is 8.74. The van der Waals surface area contributed by atoms with Gasteiger partial charge in [-0.25, -0.2) is 0 Å². The number of esters is 1. The molecule has 0 aromatic heterocycles. The van der Waals surface area contributed by atoms with E-state index in [1.54, 1.807) is 6.08 Å². The minimum absolute atomic E-state index is 0.0223. The van der Waals surface area contributed by atoms with Crippen molar-refractivity contribution in [2.45, 2.75) is 70.7 Å². The Labute approximate surface area is 115 Å². The predicted octanol–water partition coefficient (Wildman–Crippen LogP) is 2.80. The highest BCUT2D eigenvalue weighted by Crippen LogP contribution is 2.43. The molecule has 3 unspecified atom stereocenters. The average molecular weight is 268 g/mol. The fourth-order valence-electron chi connectivity index (χ4n) is 2.08. The highest BCUT2D eigenvalue weighted by molar-refractivity contribution is 5.94. The van der Waals surface area contributed by atoms with Crippen molar-refractivity contribution in [2.24, 2.45) is 0 Å². The van der Waals surface area contributed by atoms with Crippen LogP contribution in [-0.4, -0.2) is 29.1 Å². The van der Waals surface area contributed by atoms with E-state index in [-0.39, 0.29) is 23.9 Å². The summed E-state index contributed by atoms with van der Waals surface area (Å²) < 4.78 is 11.0. The maximum atomic E-state index is 11.5. The summed E-state index contributed by atoms with van der Waals surface area (Å²) in [5, 5.41) is 0. The van der Waals surface area contributed by atoms with Crippen molar-refractivity contribution in [2.75, 3.05) is 0 Å². The second-order valence-electron chi connectivity index (χ2n) is 5.68. The molecule has 1 aliphatic heterocycles. The zero-order valence-corrected chi connectivity index (χ0v) is 12.3. The molecular weight excluding hydrogens is 244 g/mol. The fourth-order valence-corrected chi connectivity index (χ4v) is 2.08. The molecule has 19 heavy (non-hydrogen) atoms. The van der Waals surface area contributed by atoms with Gasteiger partial charge in [0.15, 0.2) is 0 Å². The molecule has 0 bridgehead atoms. The minimum atomic E-state index is -0.729. The molecule has 1 rings (SSSR count). The van der Waals surface area contributed by atoms with Gasteiger partial charge in [-0.1, -0.05) is 13.5 Å². The molecule has 0 aromatic carbocycles. The van der Waals surface area contributed by atoms with Crippen LogP contribution >= 0.6 is 0 Å². The number of carbonyl (C=O) groups excluding carboxylic acids is 2. The molecule has 3 atom stereocenters. The summed E-state index contributed by atoms with van der Waals surface area (Å²) in [6.07, 6.45) is 4.11. The third-order valence-corrected chi connectivity index (χ3v) is 3.81. The molecule has 108 valence electrons. The van der Waals surface area contributed by atoms with Crippen LogP contribution in [0, 0.1) is 0 Å². The summed E-state index contributed by atoms with van der Waals surface area (Å²) in [6, 6.07) is 0. The van der Waals surface area contributed by atoms with Crippen LogP contribution in [0.4, 0.5) is 0 Å². The zero-order chi connectivity index (χ0) is 14.7. The molecule has 1 heterocycles. The summed E-state index contributed by atoms with van der Waals surface area (Å²) in [7, 11) is 0. The first kappa shape index (κ1) is 15.9. The third kappa shape index (κ3) is 4.46. The first-order valence-corrected chi connectivity index (χ1v) is 6.77. The van der Waals surface area contributed by atoms with E-state index in [2.05, 4.69) is 20.4 Å². The summed E-state index contributed by atoms with van der Waals surface area (Å²) in [4.78, 5) is 22.4. The van der Waals surface area contributed by atoms with Crippen LogP contribution in [0.2, 0.25) is 0 Å². The lowest BCUT2D eigenvalue weighted by molar-refractivity contribution is -0.155. The van der Waals surface area contributed by atoms with Crippen molar-refractivity contribution in [3.05, 3.63) is 12.7 Å². The first-order valence-electron chi connectivity index (χ1n) is 6.77. The van der Waals surface area contributed by atoms with Crippen LogP contribution in [0.25, 0.3) is 0 Å². The Morgan fingerprint density at radius 2 is 2.16 bits per heavy atom. The Kier molecular flexibility index (Phi) is 4.91. The van der Waals surface area contributed by atoms with E-state index in [1.165, 1.54) is 6.92 Å². The molecule has 4 heteroatoms. The minimum Gasteiger partial charge on any atom is -0.455 e. The molecule has 0 aliphatic carbocycles. The smallest absolute Gasteiger partial charge is 0.314 e. The molecule has 0 radical (unpaired) electrons. The van der Waals surface area contributed by atoms with Gasteiger partial charge in [0.05, 0.1) is 11.7 Å². The topological polar surface area (TPSA) is 55.9 Å². The lowest BCUT2D eigenvalue weighted by Crippen LogP contribution is -2.30. The van der Waals surface area contributed by atoms with E-state index in [9.17, 15) is 9.59 Å². The SMILES string of the molecule is C=CC(C)(CCC1OC1(C)CC)OC(=O)CC(C)=O. The van der Waals surface area contributed by atoms with Crippen LogP contribution in [0.15, 0.2) is 12.7 Å². The molecular formula is C15H24O4. The van der Waals surface area contributed by atoms with Crippen molar-refractivity contribution in [1.29, 1.82) is 0 Å². The molecule has 0 N–H and O–H groups in total. The highest BCUT2D eigenvalue weighted by Gasteiger charge is 2.50. The quantitative estimate of drug-likeness (QED) is 0.294. The van der Waals surface area contributed by atoms with Crippen molar-refractivity contribution >= 4 is 11.8 Å².